The number of non-ortho nitro benzene ring substituents is 1. The van der Waals surface area contributed by atoms with Gasteiger partial charge in [-0.15, -0.1) is 0 Å². The molecule has 0 bridgehead atoms. The molecular formula is C12H14N2O3. The van der Waals surface area contributed by atoms with Gasteiger partial charge in [0.2, 0.25) is 0 Å². The van der Waals surface area contributed by atoms with Gasteiger partial charge in [-0.25, -0.2) is 0 Å². The molecule has 5 heteroatoms. The van der Waals surface area contributed by atoms with Crippen LogP contribution < -0.4 is 5.32 Å². The molecule has 0 aliphatic carbocycles. The molecule has 2 aliphatic heterocycles. The van der Waals surface area contributed by atoms with Crippen LogP contribution in [0.5, 0.6) is 0 Å². The van der Waals surface area contributed by atoms with E-state index in [1.807, 2.05) is 6.07 Å². The van der Waals surface area contributed by atoms with Crippen molar-refractivity contribution in [2.45, 2.75) is 24.8 Å². The zero-order chi connectivity index (χ0) is 11.9. The van der Waals surface area contributed by atoms with Gasteiger partial charge in [-0.1, -0.05) is 6.07 Å². The van der Waals surface area contributed by atoms with Gasteiger partial charge >= 0.3 is 0 Å². The van der Waals surface area contributed by atoms with E-state index in [1.54, 1.807) is 12.1 Å². The van der Waals surface area contributed by atoms with E-state index in [1.165, 1.54) is 5.56 Å². The SMILES string of the molecule is O=[N+]([O-])c1ccc2c(c1)NC1(CCOCC1)C2. The molecule has 1 fully saturated rings. The number of nitrogens with zero attached hydrogens (tertiary/aromatic N) is 1. The molecule has 1 aromatic carbocycles. The Labute approximate surface area is 98.9 Å². The first-order chi connectivity index (χ1) is 8.19. The lowest BCUT2D eigenvalue weighted by Crippen LogP contribution is -2.41. The van der Waals surface area contributed by atoms with Crippen LogP contribution in [0.2, 0.25) is 0 Å². The van der Waals surface area contributed by atoms with Crippen LogP contribution in [0.15, 0.2) is 18.2 Å². The molecule has 0 radical (unpaired) electrons. The number of hydrogen-bond donors (Lipinski definition) is 1. The number of fused-ring (bicyclic) bond motifs is 1. The predicted octanol–water partition coefficient (Wildman–Crippen LogP) is 2.11. The topological polar surface area (TPSA) is 64.4 Å². The molecule has 0 amide bonds. The minimum absolute atomic E-state index is 0.0653. The number of nitro groups is 1. The van der Waals surface area contributed by atoms with E-state index in [4.69, 9.17) is 4.74 Å². The number of benzene rings is 1. The predicted molar refractivity (Wildman–Crippen MR) is 63.2 cm³/mol. The molecule has 0 unspecified atom stereocenters. The van der Waals surface area contributed by atoms with E-state index in [0.29, 0.717) is 0 Å². The number of anilines is 1. The van der Waals surface area contributed by atoms with Crippen molar-refractivity contribution in [1.82, 2.24) is 0 Å². The number of ether oxygens (including phenoxy) is 1. The normalized spacial score (nSPS) is 20.9. The van der Waals surface area contributed by atoms with Crippen LogP contribution in [-0.4, -0.2) is 23.7 Å². The summed E-state index contributed by atoms with van der Waals surface area (Å²) in [6.45, 7) is 1.53. The third kappa shape index (κ3) is 1.76. The summed E-state index contributed by atoms with van der Waals surface area (Å²) in [5, 5.41) is 14.2. The van der Waals surface area contributed by atoms with Gasteiger partial charge in [0.25, 0.3) is 5.69 Å². The van der Waals surface area contributed by atoms with Crippen molar-refractivity contribution in [2.24, 2.45) is 0 Å². The fourth-order valence-corrected chi connectivity index (χ4v) is 2.71. The lowest BCUT2D eigenvalue weighted by Gasteiger charge is -2.34. The number of rotatable bonds is 1. The maximum atomic E-state index is 10.7. The van der Waals surface area contributed by atoms with E-state index in [9.17, 15) is 10.1 Å². The third-order valence-electron chi connectivity index (χ3n) is 3.68. The monoisotopic (exact) mass is 234 g/mol. The fraction of sp³-hybridized carbons (Fsp3) is 0.500. The highest BCUT2D eigenvalue weighted by atomic mass is 16.6. The van der Waals surface area contributed by atoms with Crippen molar-refractivity contribution in [3.05, 3.63) is 33.9 Å². The first-order valence-electron chi connectivity index (χ1n) is 5.82. The number of nitro benzene ring substituents is 1. The summed E-state index contributed by atoms with van der Waals surface area (Å²) in [7, 11) is 0. The first kappa shape index (κ1) is 10.5. The second-order valence-corrected chi connectivity index (χ2v) is 4.79. The maximum Gasteiger partial charge on any atom is 0.271 e. The molecular weight excluding hydrogens is 220 g/mol. The summed E-state index contributed by atoms with van der Waals surface area (Å²) in [6.07, 6.45) is 2.88. The van der Waals surface area contributed by atoms with E-state index in [2.05, 4.69) is 5.32 Å². The van der Waals surface area contributed by atoms with E-state index < -0.39 is 0 Å². The van der Waals surface area contributed by atoms with Crippen molar-refractivity contribution in [3.63, 3.8) is 0 Å². The summed E-state index contributed by atoms with van der Waals surface area (Å²) in [5.41, 5.74) is 2.31. The Bertz CT molecular complexity index is 467. The van der Waals surface area contributed by atoms with Gasteiger partial charge < -0.3 is 10.1 Å². The smallest absolute Gasteiger partial charge is 0.271 e. The van der Waals surface area contributed by atoms with Crippen molar-refractivity contribution in [1.29, 1.82) is 0 Å². The Morgan fingerprint density at radius 1 is 1.35 bits per heavy atom. The second-order valence-electron chi connectivity index (χ2n) is 4.79. The van der Waals surface area contributed by atoms with Crippen LogP contribution in [-0.2, 0) is 11.2 Å². The van der Waals surface area contributed by atoms with Crippen molar-refractivity contribution in [2.75, 3.05) is 18.5 Å². The Balaban J connectivity index is 1.89. The van der Waals surface area contributed by atoms with Crippen LogP contribution >= 0.6 is 0 Å². The van der Waals surface area contributed by atoms with E-state index in [0.717, 1.165) is 38.2 Å². The highest BCUT2D eigenvalue weighted by Crippen LogP contribution is 2.39. The maximum absolute atomic E-state index is 10.7. The van der Waals surface area contributed by atoms with Crippen LogP contribution in [0.1, 0.15) is 18.4 Å². The van der Waals surface area contributed by atoms with E-state index in [-0.39, 0.29) is 16.1 Å². The molecule has 3 rings (SSSR count). The molecule has 0 aromatic heterocycles. The van der Waals surface area contributed by atoms with Gasteiger partial charge in [0.15, 0.2) is 0 Å². The van der Waals surface area contributed by atoms with Crippen LogP contribution in [0.3, 0.4) is 0 Å². The summed E-state index contributed by atoms with van der Waals surface area (Å²) >= 11 is 0. The molecule has 1 N–H and O–H groups in total. The summed E-state index contributed by atoms with van der Waals surface area (Å²) in [4.78, 5) is 10.4. The molecule has 0 atom stereocenters. The van der Waals surface area contributed by atoms with Gasteiger partial charge in [0.05, 0.1) is 4.92 Å². The quantitative estimate of drug-likeness (QED) is 0.597. The zero-order valence-electron chi connectivity index (χ0n) is 9.44. The van der Waals surface area contributed by atoms with Gasteiger partial charge in [0, 0.05) is 36.6 Å². The highest BCUT2D eigenvalue weighted by molar-refractivity contribution is 5.63. The lowest BCUT2D eigenvalue weighted by molar-refractivity contribution is -0.384. The third-order valence-corrected chi connectivity index (χ3v) is 3.68. The second kappa shape index (κ2) is 3.70. The molecule has 1 spiro atoms. The molecule has 90 valence electrons. The van der Waals surface area contributed by atoms with E-state index >= 15 is 0 Å². The Morgan fingerprint density at radius 3 is 2.82 bits per heavy atom. The molecule has 5 nitrogen and oxygen atoms in total. The Kier molecular flexibility index (Phi) is 2.29. The van der Waals surface area contributed by atoms with Crippen LogP contribution in [0, 0.1) is 10.1 Å². The molecule has 17 heavy (non-hydrogen) atoms. The standard InChI is InChI=1S/C12H14N2O3/c15-14(16)10-2-1-9-8-12(13-11(9)7-10)3-5-17-6-4-12/h1-2,7,13H,3-6,8H2. The van der Waals surface area contributed by atoms with Gasteiger partial charge in [-0.2, -0.15) is 0 Å². The molecule has 1 aromatic rings. The van der Waals surface area contributed by atoms with Gasteiger partial charge in [-0.05, 0) is 24.8 Å². The van der Waals surface area contributed by atoms with Gasteiger partial charge in [-0.3, -0.25) is 10.1 Å². The van der Waals surface area contributed by atoms with Crippen LogP contribution in [0.25, 0.3) is 0 Å². The molecule has 0 saturated carbocycles. The molecule has 2 aliphatic rings. The Morgan fingerprint density at radius 2 is 2.12 bits per heavy atom. The van der Waals surface area contributed by atoms with Crippen molar-refractivity contribution in [3.8, 4) is 0 Å². The Hall–Kier alpha value is -1.62. The first-order valence-corrected chi connectivity index (χ1v) is 5.82. The fourth-order valence-electron chi connectivity index (χ4n) is 2.71. The zero-order valence-corrected chi connectivity index (χ0v) is 9.44. The van der Waals surface area contributed by atoms with Crippen molar-refractivity contribution >= 4 is 11.4 Å². The van der Waals surface area contributed by atoms with Crippen molar-refractivity contribution < 1.29 is 9.66 Å². The number of hydrogen-bond acceptors (Lipinski definition) is 4. The minimum atomic E-state index is -0.350. The molecule has 1 saturated heterocycles. The minimum Gasteiger partial charge on any atom is -0.381 e. The van der Waals surface area contributed by atoms with Gasteiger partial charge in [0.1, 0.15) is 0 Å². The highest BCUT2D eigenvalue weighted by Gasteiger charge is 2.38. The van der Waals surface area contributed by atoms with Crippen LogP contribution in [0.4, 0.5) is 11.4 Å². The summed E-state index contributed by atoms with van der Waals surface area (Å²) < 4.78 is 5.37. The molecule has 2 heterocycles. The summed E-state index contributed by atoms with van der Waals surface area (Å²) in [6, 6.07) is 5.09. The summed E-state index contributed by atoms with van der Waals surface area (Å²) in [5.74, 6) is 0. The number of nitrogens with one attached hydrogen (secondary N) is 1. The average Bonchev–Trinajstić information content (AvgIpc) is 2.66. The lowest BCUT2D eigenvalue weighted by atomic mass is 9.87. The average molecular weight is 234 g/mol. The largest absolute Gasteiger partial charge is 0.381 e.